The van der Waals surface area contributed by atoms with Crippen LogP contribution in [-0.2, 0) is 5.75 Å². The van der Waals surface area contributed by atoms with Gasteiger partial charge in [-0.05, 0) is 48.9 Å². The van der Waals surface area contributed by atoms with E-state index in [2.05, 4.69) is 9.97 Å². The quantitative estimate of drug-likeness (QED) is 0.303. The van der Waals surface area contributed by atoms with E-state index in [0.29, 0.717) is 42.7 Å². The summed E-state index contributed by atoms with van der Waals surface area (Å²) in [6, 6.07) is 9.01. The van der Waals surface area contributed by atoms with E-state index in [1.165, 1.54) is 24.3 Å². The third-order valence-corrected chi connectivity index (χ3v) is 5.11. The lowest BCUT2D eigenvalue weighted by Crippen LogP contribution is -2.05. The zero-order valence-corrected chi connectivity index (χ0v) is 18.5. The molecule has 0 aliphatic carbocycles. The first-order valence-electron chi connectivity index (χ1n) is 9.58. The highest BCUT2D eigenvalue weighted by Crippen LogP contribution is 2.33. The van der Waals surface area contributed by atoms with Gasteiger partial charge in [0.2, 0.25) is 5.88 Å². The van der Waals surface area contributed by atoms with Gasteiger partial charge >= 0.3 is 0 Å². The number of hydrogen-bond donors (Lipinski definition) is 1. The molecule has 0 amide bonds. The molecule has 0 aliphatic rings. The minimum atomic E-state index is -0.561. The average Bonchev–Trinajstić information content (AvgIpc) is 2.72. The summed E-state index contributed by atoms with van der Waals surface area (Å²) in [5.41, 5.74) is 7.33. The number of nitrogens with zero attached hydrogens (tertiary/aromatic N) is 2. The highest BCUT2D eigenvalue weighted by Gasteiger charge is 2.13. The van der Waals surface area contributed by atoms with Crippen LogP contribution < -0.4 is 15.2 Å². The second-order valence-electron chi connectivity index (χ2n) is 6.70. The maximum absolute atomic E-state index is 14.2. The monoisotopic (exact) mass is 465 g/mol. The molecule has 31 heavy (non-hydrogen) atoms. The minimum absolute atomic E-state index is 0.166. The topological polar surface area (TPSA) is 70.3 Å². The molecule has 2 aromatic heterocycles. The van der Waals surface area contributed by atoms with Crippen LogP contribution in [0.25, 0.3) is 11.1 Å². The van der Waals surface area contributed by atoms with Crippen molar-refractivity contribution in [3.63, 3.8) is 0 Å². The number of aromatic nitrogens is 2. The van der Waals surface area contributed by atoms with Crippen LogP contribution in [0.1, 0.15) is 18.4 Å². The summed E-state index contributed by atoms with van der Waals surface area (Å²) in [5, 5.41) is 0.396. The molecular formula is C22H22ClF2N3O2S. The third-order valence-electron chi connectivity index (χ3n) is 4.30. The van der Waals surface area contributed by atoms with Crippen LogP contribution in [0, 0.1) is 11.6 Å². The summed E-state index contributed by atoms with van der Waals surface area (Å²) in [6.45, 7) is 0.740. The number of anilines is 1. The highest BCUT2D eigenvalue weighted by atomic mass is 35.5. The molecule has 1 aromatic carbocycles. The van der Waals surface area contributed by atoms with Crippen molar-refractivity contribution in [3.8, 4) is 22.8 Å². The van der Waals surface area contributed by atoms with E-state index in [-0.39, 0.29) is 17.1 Å². The number of benzene rings is 1. The Kier molecular flexibility index (Phi) is 8.31. The molecule has 0 aliphatic heterocycles. The number of nitrogens with two attached hydrogens (primary N) is 1. The molecule has 0 bridgehead atoms. The fourth-order valence-electron chi connectivity index (χ4n) is 2.91. The summed E-state index contributed by atoms with van der Waals surface area (Å²) in [7, 11) is 0. The lowest BCUT2D eigenvalue weighted by atomic mass is 10.0. The van der Waals surface area contributed by atoms with Crippen molar-refractivity contribution in [2.45, 2.75) is 18.6 Å². The van der Waals surface area contributed by atoms with Crippen LogP contribution in [0.2, 0.25) is 5.15 Å². The predicted molar refractivity (Wildman–Crippen MR) is 121 cm³/mol. The van der Waals surface area contributed by atoms with E-state index < -0.39 is 11.6 Å². The smallest absolute Gasteiger partial charge is 0.214 e. The first-order chi connectivity index (χ1) is 15.0. The molecule has 2 N–H and O–H groups in total. The van der Waals surface area contributed by atoms with Crippen molar-refractivity contribution in [2.75, 3.05) is 25.2 Å². The summed E-state index contributed by atoms with van der Waals surface area (Å²) in [4.78, 5) is 7.88. The Hall–Kier alpha value is -2.58. The van der Waals surface area contributed by atoms with E-state index in [9.17, 15) is 8.78 Å². The van der Waals surface area contributed by atoms with Gasteiger partial charge in [-0.3, -0.25) is 0 Å². The van der Waals surface area contributed by atoms with E-state index in [1.807, 2.05) is 18.4 Å². The summed E-state index contributed by atoms with van der Waals surface area (Å²) < 4.78 is 39.3. The fourth-order valence-corrected chi connectivity index (χ4v) is 3.63. The first-order valence-corrected chi connectivity index (χ1v) is 11.4. The van der Waals surface area contributed by atoms with Crippen molar-refractivity contribution in [1.29, 1.82) is 0 Å². The molecule has 2 heterocycles. The van der Waals surface area contributed by atoms with Crippen LogP contribution >= 0.6 is 23.4 Å². The van der Waals surface area contributed by atoms with Crippen molar-refractivity contribution in [2.24, 2.45) is 0 Å². The standard InChI is InChI=1S/C22H22ClF2N3O2S/c1-31-13-14-8-20(23)28-22(9-14)30-7-3-2-6-29-19-10-15(24)4-5-16(19)17-11-21(26)27-12-18(17)25/h4-5,8-12H,2-3,6-7,13H2,1H3,(H2,26,27). The number of pyridine rings is 2. The van der Waals surface area contributed by atoms with Crippen LogP contribution in [0.15, 0.2) is 42.6 Å². The average molecular weight is 466 g/mol. The largest absolute Gasteiger partial charge is 0.493 e. The van der Waals surface area contributed by atoms with Crippen molar-refractivity contribution >= 4 is 29.2 Å². The van der Waals surface area contributed by atoms with Gasteiger partial charge in [-0.1, -0.05) is 11.6 Å². The zero-order chi connectivity index (χ0) is 22.2. The Bertz CT molecular complexity index is 1040. The van der Waals surface area contributed by atoms with Crippen LogP contribution in [0.5, 0.6) is 11.6 Å². The van der Waals surface area contributed by atoms with Crippen molar-refractivity contribution < 1.29 is 18.3 Å². The Morgan fingerprint density at radius 2 is 1.81 bits per heavy atom. The number of unbranched alkanes of at least 4 members (excludes halogenated alkanes) is 1. The van der Waals surface area contributed by atoms with E-state index >= 15 is 0 Å². The number of ether oxygens (including phenoxy) is 2. The molecule has 3 rings (SSSR count). The maximum Gasteiger partial charge on any atom is 0.214 e. The Morgan fingerprint density at radius 3 is 2.58 bits per heavy atom. The second-order valence-corrected chi connectivity index (χ2v) is 7.96. The predicted octanol–water partition coefficient (Wildman–Crippen LogP) is 5.76. The normalized spacial score (nSPS) is 10.8. The van der Waals surface area contributed by atoms with E-state index in [0.717, 1.165) is 17.5 Å². The van der Waals surface area contributed by atoms with Gasteiger partial charge in [-0.15, -0.1) is 0 Å². The molecule has 0 saturated carbocycles. The lowest BCUT2D eigenvalue weighted by Gasteiger charge is -2.13. The highest BCUT2D eigenvalue weighted by molar-refractivity contribution is 7.97. The first kappa shape index (κ1) is 23.1. The van der Waals surface area contributed by atoms with Gasteiger partial charge in [0.1, 0.15) is 28.4 Å². The fraction of sp³-hybridized carbons (Fsp3) is 0.273. The maximum atomic E-state index is 14.2. The van der Waals surface area contributed by atoms with Gasteiger partial charge in [0.25, 0.3) is 0 Å². The van der Waals surface area contributed by atoms with Crippen LogP contribution in [0.4, 0.5) is 14.6 Å². The van der Waals surface area contributed by atoms with Gasteiger partial charge in [-0.2, -0.15) is 11.8 Å². The van der Waals surface area contributed by atoms with Crippen molar-refractivity contribution in [1.82, 2.24) is 9.97 Å². The number of hydrogen-bond acceptors (Lipinski definition) is 6. The number of rotatable bonds is 10. The molecule has 0 radical (unpaired) electrons. The second kappa shape index (κ2) is 11.2. The minimum Gasteiger partial charge on any atom is -0.493 e. The molecule has 0 spiro atoms. The molecule has 9 heteroatoms. The Balaban J connectivity index is 1.54. The summed E-state index contributed by atoms with van der Waals surface area (Å²) in [5.74, 6) is 0.677. The number of nitrogen functional groups attached to an aromatic ring is 1. The van der Waals surface area contributed by atoms with Gasteiger partial charge in [0.05, 0.1) is 19.4 Å². The van der Waals surface area contributed by atoms with Crippen LogP contribution in [-0.4, -0.2) is 29.4 Å². The molecule has 3 aromatic rings. The van der Waals surface area contributed by atoms with Crippen molar-refractivity contribution in [3.05, 3.63) is 64.9 Å². The molecule has 0 fully saturated rings. The van der Waals surface area contributed by atoms with Gasteiger partial charge in [-0.25, -0.2) is 18.7 Å². The van der Waals surface area contributed by atoms with E-state index in [1.54, 1.807) is 11.8 Å². The number of halogens is 3. The summed E-state index contributed by atoms with van der Waals surface area (Å²) in [6.07, 6.45) is 4.38. The molecule has 0 unspecified atom stereocenters. The molecule has 5 nitrogen and oxygen atoms in total. The number of thioether (sulfide) groups is 1. The summed E-state index contributed by atoms with van der Waals surface area (Å²) >= 11 is 7.71. The molecule has 0 saturated heterocycles. The SMILES string of the molecule is CSCc1cc(Cl)nc(OCCCCOc2cc(F)ccc2-c2cc(N)ncc2F)c1. The Morgan fingerprint density at radius 1 is 1.03 bits per heavy atom. The van der Waals surface area contributed by atoms with Crippen LogP contribution in [0.3, 0.4) is 0 Å². The molecule has 0 atom stereocenters. The molecular weight excluding hydrogens is 444 g/mol. The van der Waals surface area contributed by atoms with Gasteiger partial charge < -0.3 is 15.2 Å². The third kappa shape index (κ3) is 6.70. The van der Waals surface area contributed by atoms with E-state index in [4.69, 9.17) is 26.8 Å². The van der Waals surface area contributed by atoms with Gasteiger partial charge in [0, 0.05) is 29.0 Å². The Labute approximate surface area is 188 Å². The van der Waals surface area contributed by atoms with Gasteiger partial charge in [0.15, 0.2) is 0 Å². The zero-order valence-electron chi connectivity index (χ0n) is 16.9. The molecule has 164 valence electrons. The lowest BCUT2D eigenvalue weighted by molar-refractivity contribution is 0.261.